The van der Waals surface area contributed by atoms with Gasteiger partial charge in [0.1, 0.15) is 5.82 Å². The van der Waals surface area contributed by atoms with Gasteiger partial charge in [0.2, 0.25) is 0 Å². The van der Waals surface area contributed by atoms with Gasteiger partial charge in [0.25, 0.3) is 0 Å². The molecule has 0 bridgehead atoms. The number of rotatable bonds is 2. The summed E-state index contributed by atoms with van der Waals surface area (Å²) < 4.78 is 0. The van der Waals surface area contributed by atoms with E-state index in [9.17, 15) is 5.11 Å². The number of hydrogen-bond acceptors (Lipinski definition) is 4. The van der Waals surface area contributed by atoms with Crippen molar-refractivity contribution in [1.82, 2.24) is 4.98 Å². The summed E-state index contributed by atoms with van der Waals surface area (Å²) in [5.74, 6) is 0.925. The minimum Gasteiger partial charge on any atom is -0.391 e. The molecule has 0 saturated carbocycles. The maximum absolute atomic E-state index is 9.63. The molecule has 0 aromatic carbocycles. The van der Waals surface area contributed by atoms with Crippen molar-refractivity contribution in [2.75, 3.05) is 18.0 Å². The van der Waals surface area contributed by atoms with E-state index in [-0.39, 0.29) is 12.1 Å². The molecule has 1 unspecified atom stereocenters. The van der Waals surface area contributed by atoms with Crippen LogP contribution in [-0.4, -0.2) is 29.3 Å². The van der Waals surface area contributed by atoms with Crippen molar-refractivity contribution < 1.29 is 5.11 Å². The summed E-state index contributed by atoms with van der Waals surface area (Å²) in [5.41, 5.74) is 6.93. The van der Waals surface area contributed by atoms with Gasteiger partial charge >= 0.3 is 0 Å². The fourth-order valence-electron chi connectivity index (χ4n) is 2.05. The number of nitrogens with two attached hydrogens (primary N) is 1. The molecule has 2 rings (SSSR count). The third-order valence-corrected chi connectivity index (χ3v) is 3.02. The summed E-state index contributed by atoms with van der Waals surface area (Å²) >= 11 is 0. The number of anilines is 1. The summed E-state index contributed by atoms with van der Waals surface area (Å²) in [7, 11) is 0. The van der Waals surface area contributed by atoms with Crippen molar-refractivity contribution in [3.63, 3.8) is 0 Å². The number of hydrogen-bond donors (Lipinski definition) is 2. The first-order valence-corrected chi connectivity index (χ1v) is 5.81. The smallest absolute Gasteiger partial charge is 0.128 e. The van der Waals surface area contributed by atoms with Crippen LogP contribution in [-0.2, 0) is 0 Å². The van der Waals surface area contributed by atoms with Crippen molar-refractivity contribution >= 4 is 5.82 Å². The molecular weight excluding hydrogens is 202 g/mol. The SMILES string of the molecule is C[C@@H](N)c1ccnc(N2CCCC(O)C2)c1. The predicted octanol–water partition coefficient (Wildman–Crippen LogP) is 1.06. The van der Waals surface area contributed by atoms with Crippen LogP contribution in [0.15, 0.2) is 18.3 Å². The zero-order valence-electron chi connectivity index (χ0n) is 9.63. The van der Waals surface area contributed by atoms with E-state index >= 15 is 0 Å². The number of aliphatic hydroxyl groups is 1. The van der Waals surface area contributed by atoms with E-state index in [1.807, 2.05) is 19.1 Å². The van der Waals surface area contributed by atoms with Gasteiger partial charge in [0.15, 0.2) is 0 Å². The van der Waals surface area contributed by atoms with E-state index in [4.69, 9.17) is 5.73 Å². The fourth-order valence-corrected chi connectivity index (χ4v) is 2.05. The van der Waals surface area contributed by atoms with E-state index < -0.39 is 0 Å². The van der Waals surface area contributed by atoms with E-state index in [1.165, 1.54) is 0 Å². The Hall–Kier alpha value is -1.13. The van der Waals surface area contributed by atoms with E-state index in [2.05, 4.69) is 9.88 Å². The molecule has 0 spiro atoms. The largest absolute Gasteiger partial charge is 0.391 e. The minimum atomic E-state index is -0.227. The molecule has 88 valence electrons. The van der Waals surface area contributed by atoms with Crippen LogP contribution >= 0.6 is 0 Å². The van der Waals surface area contributed by atoms with Crippen LogP contribution in [0.4, 0.5) is 5.82 Å². The standard InChI is InChI=1S/C12H19N3O/c1-9(13)10-4-5-14-12(7-10)15-6-2-3-11(16)8-15/h4-5,7,9,11,16H,2-3,6,8,13H2,1H3/t9-,11?/m1/s1. The zero-order chi connectivity index (χ0) is 11.5. The Kier molecular flexibility index (Phi) is 3.41. The maximum Gasteiger partial charge on any atom is 0.128 e. The number of piperidine rings is 1. The van der Waals surface area contributed by atoms with Crippen molar-refractivity contribution in [1.29, 1.82) is 0 Å². The van der Waals surface area contributed by atoms with Gasteiger partial charge in [-0.2, -0.15) is 0 Å². The first-order valence-electron chi connectivity index (χ1n) is 5.81. The van der Waals surface area contributed by atoms with E-state index in [1.54, 1.807) is 6.20 Å². The topological polar surface area (TPSA) is 62.4 Å². The molecule has 4 nitrogen and oxygen atoms in total. The highest BCUT2D eigenvalue weighted by Crippen LogP contribution is 2.20. The van der Waals surface area contributed by atoms with Crippen molar-refractivity contribution in [2.24, 2.45) is 5.73 Å². The lowest BCUT2D eigenvalue weighted by atomic mass is 10.1. The van der Waals surface area contributed by atoms with Crippen LogP contribution in [0.25, 0.3) is 0 Å². The van der Waals surface area contributed by atoms with Gasteiger partial charge < -0.3 is 15.7 Å². The molecule has 1 aromatic rings. The monoisotopic (exact) mass is 221 g/mol. The van der Waals surface area contributed by atoms with Crippen LogP contribution in [0.3, 0.4) is 0 Å². The van der Waals surface area contributed by atoms with E-state index in [0.29, 0.717) is 6.54 Å². The highest BCUT2D eigenvalue weighted by molar-refractivity contribution is 5.42. The van der Waals surface area contributed by atoms with E-state index in [0.717, 1.165) is 30.8 Å². The van der Waals surface area contributed by atoms with Crippen molar-refractivity contribution in [2.45, 2.75) is 31.9 Å². The molecule has 1 aliphatic heterocycles. The number of aliphatic hydroxyl groups excluding tert-OH is 1. The van der Waals surface area contributed by atoms with Crippen molar-refractivity contribution in [3.8, 4) is 0 Å². The number of β-amino-alcohol motifs (C(OH)–C–C–N with tert-alkyl or cyclic N) is 1. The van der Waals surface area contributed by atoms with Gasteiger partial charge in [0.05, 0.1) is 6.10 Å². The lowest BCUT2D eigenvalue weighted by Crippen LogP contribution is -2.38. The number of nitrogens with zero attached hydrogens (tertiary/aromatic N) is 2. The molecule has 3 N–H and O–H groups in total. The third-order valence-electron chi connectivity index (χ3n) is 3.02. The fraction of sp³-hybridized carbons (Fsp3) is 0.583. The minimum absolute atomic E-state index is 0.0245. The molecule has 1 aromatic heterocycles. The molecule has 0 amide bonds. The van der Waals surface area contributed by atoms with Crippen LogP contribution in [0.2, 0.25) is 0 Å². The molecule has 0 radical (unpaired) electrons. The second-order valence-electron chi connectivity index (χ2n) is 4.48. The van der Waals surface area contributed by atoms with Crippen LogP contribution in [0.5, 0.6) is 0 Å². The zero-order valence-corrected chi connectivity index (χ0v) is 9.63. The molecule has 16 heavy (non-hydrogen) atoms. The quantitative estimate of drug-likeness (QED) is 0.784. The summed E-state index contributed by atoms with van der Waals surface area (Å²) in [6.45, 7) is 3.60. The van der Waals surface area contributed by atoms with Gasteiger partial charge in [-0.25, -0.2) is 4.98 Å². The number of pyridine rings is 1. The molecule has 1 saturated heterocycles. The normalized spacial score (nSPS) is 23.2. The summed E-state index contributed by atoms with van der Waals surface area (Å²) in [6.07, 6.45) is 3.47. The Morgan fingerprint density at radius 2 is 2.44 bits per heavy atom. The highest BCUT2D eigenvalue weighted by Gasteiger charge is 2.19. The maximum atomic E-state index is 9.63. The van der Waals surface area contributed by atoms with Gasteiger partial charge in [0, 0.05) is 25.3 Å². The highest BCUT2D eigenvalue weighted by atomic mass is 16.3. The molecule has 0 aliphatic carbocycles. The van der Waals surface area contributed by atoms with Gasteiger partial charge in [-0.1, -0.05) is 0 Å². The van der Waals surface area contributed by atoms with Gasteiger partial charge in [-0.05, 0) is 37.5 Å². The molecule has 1 aliphatic rings. The Morgan fingerprint density at radius 1 is 1.62 bits per heavy atom. The van der Waals surface area contributed by atoms with Gasteiger partial charge in [-0.3, -0.25) is 0 Å². The molecular formula is C12H19N3O. The Labute approximate surface area is 96.1 Å². The Balaban J connectivity index is 2.16. The van der Waals surface area contributed by atoms with Crippen LogP contribution in [0.1, 0.15) is 31.4 Å². The molecule has 2 atom stereocenters. The van der Waals surface area contributed by atoms with Crippen LogP contribution in [0, 0.1) is 0 Å². The van der Waals surface area contributed by atoms with Crippen molar-refractivity contribution in [3.05, 3.63) is 23.9 Å². The first-order chi connectivity index (χ1) is 7.66. The number of aromatic nitrogens is 1. The lowest BCUT2D eigenvalue weighted by molar-refractivity contribution is 0.154. The Bertz CT molecular complexity index is 354. The lowest BCUT2D eigenvalue weighted by Gasteiger charge is -2.31. The van der Waals surface area contributed by atoms with Crippen LogP contribution < -0.4 is 10.6 Å². The van der Waals surface area contributed by atoms with Gasteiger partial charge in [-0.15, -0.1) is 0 Å². The summed E-state index contributed by atoms with van der Waals surface area (Å²) in [6, 6.07) is 3.98. The molecule has 4 heteroatoms. The molecule has 2 heterocycles. The average molecular weight is 221 g/mol. The predicted molar refractivity (Wildman–Crippen MR) is 64.3 cm³/mol. The second-order valence-corrected chi connectivity index (χ2v) is 4.48. The summed E-state index contributed by atoms with van der Waals surface area (Å²) in [5, 5.41) is 9.63. The average Bonchev–Trinajstić information content (AvgIpc) is 2.29. The molecule has 1 fully saturated rings. The summed E-state index contributed by atoms with van der Waals surface area (Å²) in [4.78, 5) is 6.46. The third kappa shape index (κ3) is 2.51. The first kappa shape index (κ1) is 11.4. The second kappa shape index (κ2) is 4.80. The Morgan fingerprint density at radius 3 is 3.12 bits per heavy atom.